The fourth-order valence-corrected chi connectivity index (χ4v) is 4.21. The average molecular weight is 465 g/mol. The first kappa shape index (κ1) is 23.2. The number of aryl methyl sites for hydroxylation is 2. The zero-order valence-electron chi connectivity index (χ0n) is 19.0. The van der Waals surface area contributed by atoms with Gasteiger partial charge in [0.05, 0.1) is 18.2 Å². The third-order valence-electron chi connectivity index (χ3n) is 6.04. The summed E-state index contributed by atoms with van der Waals surface area (Å²) in [6.45, 7) is 5.33. The molecule has 34 heavy (non-hydrogen) atoms. The van der Waals surface area contributed by atoms with Crippen LogP contribution in [0.1, 0.15) is 36.5 Å². The third kappa shape index (κ3) is 4.19. The van der Waals surface area contributed by atoms with Gasteiger partial charge in [-0.3, -0.25) is 4.79 Å². The molecule has 1 unspecified atom stereocenters. The lowest BCUT2D eigenvalue weighted by molar-refractivity contribution is -0.141. The first-order valence-electron chi connectivity index (χ1n) is 11.0. The van der Waals surface area contributed by atoms with Crippen LogP contribution in [0.3, 0.4) is 0 Å². The number of furan rings is 1. The second-order valence-electron chi connectivity index (χ2n) is 8.33. The van der Waals surface area contributed by atoms with Gasteiger partial charge in [-0.25, -0.2) is 14.0 Å². The maximum atomic E-state index is 13.4. The summed E-state index contributed by atoms with van der Waals surface area (Å²) in [5, 5.41) is 13.2. The molecule has 1 atom stereocenters. The summed E-state index contributed by atoms with van der Waals surface area (Å²) in [5.41, 5.74) is 3.13. The molecule has 0 fully saturated rings. The van der Waals surface area contributed by atoms with Crippen LogP contribution >= 0.6 is 0 Å². The van der Waals surface area contributed by atoms with Gasteiger partial charge < -0.3 is 19.3 Å². The highest BCUT2D eigenvalue weighted by atomic mass is 19.1. The maximum absolute atomic E-state index is 13.4. The van der Waals surface area contributed by atoms with Crippen LogP contribution in [0.25, 0.3) is 33.1 Å². The number of fused-ring (bicyclic) bond motifs is 2. The lowest BCUT2D eigenvalue weighted by Gasteiger charge is -2.14. The van der Waals surface area contributed by atoms with Gasteiger partial charge in [0.1, 0.15) is 23.0 Å². The molecule has 1 amide bonds. The normalized spacial score (nSPS) is 12.2. The molecule has 0 saturated carbocycles. The van der Waals surface area contributed by atoms with Gasteiger partial charge in [0, 0.05) is 21.9 Å². The van der Waals surface area contributed by atoms with E-state index in [0.717, 1.165) is 16.5 Å². The molecule has 8 heteroatoms. The summed E-state index contributed by atoms with van der Waals surface area (Å²) in [7, 11) is 0. The van der Waals surface area contributed by atoms with Crippen LogP contribution in [-0.4, -0.2) is 23.0 Å². The largest absolute Gasteiger partial charge is 0.480 e. The van der Waals surface area contributed by atoms with Crippen LogP contribution in [0.5, 0.6) is 0 Å². The van der Waals surface area contributed by atoms with Crippen LogP contribution in [0.4, 0.5) is 4.39 Å². The van der Waals surface area contributed by atoms with E-state index in [-0.39, 0.29) is 24.2 Å². The number of carbonyl (C=O) groups excluding carboxylic acids is 1. The maximum Gasteiger partial charge on any atom is 0.340 e. The first-order valence-corrected chi connectivity index (χ1v) is 11.0. The number of carboxylic acid groups (broad SMARTS) is 1. The van der Waals surface area contributed by atoms with E-state index in [9.17, 15) is 23.9 Å². The molecule has 0 aliphatic carbocycles. The van der Waals surface area contributed by atoms with Crippen molar-refractivity contribution >= 4 is 33.8 Å². The highest BCUT2D eigenvalue weighted by Crippen LogP contribution is 2.37. The number of halogens is 1. The summed E-state index contributed by atoms with van der Waals surface area (Å²) >= 11 is 0. The van der Waals surface area contributed by atoms with Crippen LogP contribution in [-0.2, 0) is 16.0 Å². The van der Waals surface area contributed by atoms with Crippen molar-refractivity contribution in [1.82, 2.24) is 5.32 Å². The third-order valence-corrected chi connectivity index (χ3v) is 6.04. The molecule has 2 aromatic carbocycles. The van der Waals surface area contributed by atoms with E-state index in [1.165, 1.54) is 12.1 Å². The molecule has 4 rings (SSSR count). The van der Waals surface area contributed by atoms with Crippen molar-refractivity contribution in [2.24, 2.45) is 0 Å². The van der Waals surface area contributed by atoms with E-state index in [0.29, 0.717) is 34.1 Å². The number of carbonyl (C=O) groups is 2. The molecule has 0 spiro atoms. The minimum atomic E-state index is -1.12. The van der Waals surface area contributed by atoms with Crippen molar-refractivity contribution in [3.63, 3.8) is 0 Å². The molecule has 2 N–H and O–H groups in total. The molecule has 2 aromatic heterocycles. The van der Waals surface area contributed by atoms with Gasteiger partial charge in [-0.1, -0.05) is 25.5 Å². The number of hydrogen-bond acceptors (Lipinski definition) is 5. The lowest BCUT2D eigenvalue weighted by Crippen LogP contribution is -2.41. The summed E-state index contributed by atoms with van der Waals surface area (Å²) in [6, 6.07) is 6.86. The van der Waals surface area contributed by atoms with E-state index >= 15 is 0 Å². The van der Waals surface area contributed by atoms with Crippen LogP contribution in [0, 0.1) is 19.7 Å². The van der Waals surface area contributed by atoms with Gasteiger partial charge in [-0.15, -0.1) is 0 Å². The zero-order valence-corrected chi connectivity index (χ0v) is 19.0. The Bertz CT molecular complexity index is 1470. The van der Waals surface area contributed by atoms with Gasteiger partial charge >= 0.3 is 11.6 Å². The second kappa shape index (κ2) is 9.13. The summed E-state index contributed by atoms with van der Waals surface area (Å²) in [4.78, 5) is 36.7. The van der Waals surface area contributed by atoms with Crippen molar-refractivity contribution in [3.05, 3.63) is 69.5 Å². The highest BCUT2D eigenvalue weighted by Gasteiger charge is 2.23. The molecule has 0 radical (unpaired) electrons. The van der Waals surface area contributed by atoms with Crippen molar-refractivity contribution in [1.29, 1.82) is 0 Å². The van der Waals surface area contributed by atoms with Gasteiger partial charge in [0.2, 0.25) is 5.91 Å². The Hall–Kier alpha value is -3.94. The van der Waals surface area contributed by atoms with Crippen molar-refractivity contribution in [2.45, 2.75) is 46.1 Å². The summed E-state index contributed by atoms with van der Waals surface area (Å²) < 4.78 is 24.7. The van der Waals surface area contributed by atoms with E-state index in [1.54, 1.807) is 32.2 Å². The zero-order chi connectivity index (χ0) is 24.6. The fourth-order valence-electron chi connectivity index (χ4n) is 4.21. The fraction of sp³-hybridized carbons (Fsp3) is 0.269. The van der Waals surface area contributed by atoms with Gasteiger partial charge in [0.25, 0.3) is 0 Å². The van der Waals surface area contributed by atoms with E-state index in [2.05, 4.69) is 5.32 Å². The molecule has 0 aliphatic heterocycles. The Kier molecular flexibility index (Phi) is 6.24. The number of hydrogen-bond donors (Lipinski definition) is 2. The Morgan fingerprint density at radius 2 is 1.79 bits per heavy atom. The smallest absolute Gasteiger partial charge is 0.340 e. The predicted molar refractivity (Wildman–Crippen MR) is 125 cm³/mol. The monoisotopic (exact) mass is 465 g/mol. The number of benzene rings is 2. The highest BCUT2D eigenvalue weighted by molar-refractivity contribution is 6.05. The number of rotatable bonds is 7. The topological polar surface area (TPSA) is 110 Å². The Morgan fingerprint density at radius 1 is 1.09 bits per heavy atom. The van der Waals surface area contributed by atoms with Crippen LogP contribution in [0.2, 0.25) is 0 Å². The quantitative estimate of drug-likeness (QED) is 0.377. The van der Waals surface area contributed by atoms with Gasteiger partial charge in [0.15, 0.2) is 0 Å². The van der Waals surface area contributed by atoms with Gasteiger partial charge in [-0.2, -0.15) is 0 Å². The molecule has 0 aliphatic rings. The molecule has 7 nitrogen and oxygen atoms in total. The number of aliphatic carboxylic acids is 1. The SMILES string of the molecule is CCCC(NC(=O)Cc1c(C)c2cc3c(-c4ccc(F)cc4)coc3c(C)c2oc1=O)C(=O)O. The molecule has 0 bridgehead atoms. The number of nitrogens with one attached hydrogen (secondary N) is 1. The molecule has 4 aromatic rings. The summed E-state index contributed by atoms with van der Waals surface area (Å²) in [6.07, 6.45) is 2.15. The average Bonchev–Trinajstić information content (AvgIpc) is 3.22. The van der Waals surface area contributed by atoms with Gasteiger partial charge in [-0.05, 0) is 49.6 Å². The van der Waals surface area contributed by atoms with Crippen molar-refractivity contribution < 1.29 is 27.9 Å². The molecular formula is C26H24FNO6. The summed E-state index contributed by atoms with van der Waals surface area (Å²) in [5.74, 6) is -2.03. The van der Waals surface area contributed by atoms with Crippen molar-refractivity contribution in [3.8, 4) is 11.1 Å². The predicted octanol–water partition coefficient (Wildman–Crippen LogP) is 4.87. The molecule has 0 saturated heterocycles. The Labute approximate surface area is 194 Å². The molecular weight excluding hydrogens is 441 g/mol. The Balaban J connectivity index is 1.79. The lowest BCUT2D eigenvalue weighted by atomic mass is 9.97. The van der Waals surface area contributed by atoms with E-state index < -0.39 is 23.5 Å². The minimum Gasteiger partial charge on any atom is -0.480 e. The second-order valence-corrected chi connectivity index (χ2v) is 8.33. The van der Waals surface area contributed by atoms with Crippen molar-refractivity contribution in [2.75, 3.05) is 0 Å². The minimum absolute atomic E-state index is 0.163. The van der Waals surface area contributed by atoms with E-state index in [1.807, 2.05) is 13.0 Å². The first-order chi connectivity index (χ1) is 16.2. The number of carboxylic acids is 1. The van der Waals surface area contributed by atoms with E-state index in [4.69, 9.17) is 8.83 Å². The standard InChI is InChI=1S/C26H24FNO6/c1-4-5-21(25(30)31)28-22(29)11-18-13(2)17-10-19-20(15-6-8-16(27)9-7-15)12-33-23(19)14(3)24(17)34-26(18)32/h6-10,12,21H,4-5,11H2,1-3H3,(H,28,29)(H,30,31). The molecule has 176 valence electrons. The number of amides is 1. The molecule has 2 heterocycles. The van der Waals surface area contributed by atoms with Crippen LogP contribution in [0.15, 0.2) is 50.2 Å². The van der Waals surface area contributed by atoms with Crippen LogP contribution < -0.4 is 10.9 Å². The Morgan fingerprint density at radius 3 is 2.44 bits per heavy atom.